The Morgan fingerprint density at radius 3 is 2.14 bits per heavy atom. The lowest BCUT2D eigenvalue weighted by atomic mass is 9.94. The normalized spacial score (nSPS) is 15.2. The molecule has 6 rings (SSSR count). The molecule has 2 amide bonds. The monoisotopic (exact) mass is 681 g/mol. The zero-order valence-corrected chi connectivity index (χ0v) is 28.6. The molecule has 49 heavy (non-hydrogen) atoms. The topological polar surface area (TPSA) is 105 Å². The molecule has 10 heteroatoms. The molecule has 1 fully saturated rings. The van der Waals surface area contributed by atoms with Crippen LogP contribution in [0.1, 0.15) is 48.8 Å². The van der Waals surface area contributed by atoms with Crippen LogP contribution < -0.4 is 19.1 Å². The Morgan fingerprint density at radius 2 is 1.45 bits per heavy atom. The summed E-state index contributed by atoms with van der Waals surface area (Å²) >= 11 is 0. The van der Waals surface area contributed by atoms with Gasteiger partial charge in [-0.15, -0.1) is 0 Å². The van der Waals surface area contributed by atoms with Crippen molar-refractivity contribution in [1.82, 2.24) is 10.2 Å². The van der Waals surface area contributed by atoms with Gasteiger partial charge in [-0.3, -0.25) is 13.9 Å². The third-order valence-electron chi connectivity index (χ3n) is 9.12. The Labute approximate surface area is 288 Å². The number of nitrogens with one attached hydrogen (secondary N) is 1. The van der Waals surface area contributed by atoms with E-state index < -0.39 is 28.5 Å². The highest BCUT2D eigenvalue weighted by Gasteiger charge is 2.36. The summed E-state index contributed by atoms with van der Waals surface area (Å²) in [5, 5.41) is 3.25. The van der Waals surface area contributed by atoms with Gasteiger partial charge in [-0.1, -0.05) is 97.6 Å². The number of hydrogen-bond donors (Lipinski definition) is 1. The first kappa shape index (κ1) is 34.0. The molecular weight excluding hydrogens is 639 g/mol. The van der Waals surface area contributed by atoms with Crippen molar-refractivity contribution in [2.24, 2.45) is 0 Å². The summed E-state index contributed by atoms with van der Waals surface area (Å²) in [5.41, 5.74) is 3.05. The van der Waals surface area contributed by atoms with Crippen LogP contribution in [0.3, 0.4) is 0 Å². The predicted molar refractivity (Wildman–Crippen MR) is 189 cm³/mol. The number of aryl methyl sites for hydroxylation is 1. The number of amides is 2. The van der Waals surface area contributed by atoms with Crippen LogP contribution in [-0.4, -0.2) is 57.0 Å². The molecule has 2 aliphatic rings. The van der Waals surface area contributed by atoms with E-state index in [2.05, 4.69) is 5.32 Å². The summed E-state index contributed by atoms with van der Waals surface area (Å²) in [5.74, 6) is 0.152. The van der Waals surface area contributed by atoms with Crippen LogP contribution >= 0.6 is 0 Å². The zero-order chi connectivity index (χ0) is 34.2. The number of hydrogen-bond acceptors (Lipinski definition) is 6. The lowest BCUT2D eigenvalue weighted by Crippen LogP contribution is -2.55. The van der Waals surface area contributed by atoms with Crippen LogP contribution in [0.4, 0.5) is 5.69 Å². The van der Waals surface area contributed by atoms with E-state index in [0.717, 1.165) is 53.1 Å². The van der Waals surface area contributed by atoms with Gasteiger partial charge in [-0.25, -0.2) is 8.42 Å². The zero-order valence-electron chi connectivity index (χ0n) is 27.8. The first-order valence-electron chi connectivity index (χ1n) is 16.9. The standard InChI is InChI=1S/C39H43N3O6S/c1-29-17-19-31(20-18-29)27-41(35(25-30-11-5-2-6-12-30)39(44)40-32-13-7-3-8-14-32)38(43)28-42(49(45,46)34-15-9-4-10-16-34)33-21-22-36-37(26-33)48-24-23-47-36/h2,4-6,9-12,15-22,26,32,35H,3,7-8,13-14,23-25,27-28H2,1H3,(H,40,44)/t35-/m1/s1. The Morgan fingerprint density at radius 1 is 0.796 bits per heavy atom. The van der Waals surface area contributed by atoms with Crippen LogP contribution in [0.2, 0.25) is 0 Å². The van der Waals surface area contributed by atoms with E-state index in [4.69, 9.17) is 9.47 Å². The smallest absolute Gasteiger partial charge is 0.264 e. The van der Waals surface area contributed by atoms with Gasteiger partial charge in [-0.05, 0) is 55.2 Å². The second kappa shape index (κ2) is 15.6. The van der Waals surface area contributed by atoms with Crippen molar-refractivity contribution < 1.29 is 27.5 Å². The van der Waals surface area contributed by atoms with E-state index in [-0.39, 0.29) is 35.5 Å². The molecule has 1 aliphatic heterocycles. The average molecular weight is 682 g/mol. The highest BCUT2D eigenvalue weighted by Crippen LogP contribution is 2.36. The fourth-order valence-electron chi connectivity index (χ4n) is 6.42. The Kier molecular flexibility index (Phi) is 10.8. The molecule has 4 aromatic rings. The molecule has 1 aliphatic carbocycles. The molecule has 0 radical (unpaired) electrons. The summed E-state index contributed by atoms with van der Waals surface area (Å²) in [6.45, 7) is 2.28. The van der Waals surface area contributed by atoms with Crippen molar-refractivity contribution in [3.8, 4) is 11.5 Å². The number of carbonyl (C=O) groups excluding carboxylic acids is 2. The maximum absolute atomic E-state index is 14.8. The highest BCUT2D eigenvalue weighted by molar-refractivity contribution is 7.92. The van der Waals surface area contributed by atoms with Gasteiger partial charge in [-0.2, -0.15) is 0 Å². The number of nitrogens with zero attached hydrogens (tertiary/aromatic N) is 2. The Bertz CT molecular complexity index is 1830. The fraction of sp³-hybridized carbons (Fsp3) is 0.333. The SMILES string of the molecule is Cc1ccc(CN(C(=O)CN(c2ccc3c(c2)OCCO3)S(=O)(=O)c2ccccc2)[C@H](Cc2ccccc2)C(=O)NC2CCCCC2)cc1. The fourth-order valence-corrected chi connectivity index (χ4v) is 7.85. The van der Waals surface area contributed by atoms with Gasteiger partial charge in [0.05, 0.1) is 10.6 Å². The van der Waals surface area contributed by atoms with Crippen molar-refractivity contribution in [2.75, 3.05) is 24.1 Å². The van der Waals surface area contributed by atoms with Crippen molar-refractivity contribution in [3.05, 3.63) is 120 Å². The van der Waals surface area contributed by atoms with Crippen LogP contribution in [0, 0.1) is 6.92 Å². The summed E-state index contributed by atoms with van der Waals surface area (Å²) in [6, 6.07) is 29.5. The number of anilines is 1. The molecule has 1 heterocycles. The predicted octanol–water partition coefficient (Wildman–Crippen LogP) is 6.05. The second-order valence-electron chi connectivity index (χ2n) is 12.7. The van der Waals surface area contributed by atoms with Gasteiger partial charge in [0.25, 0.3) is 10.0 Å². The van der Waals surface area contributed by atoms with Gasteiger partial charge in [0.1, 0.15) is 25.8 Å². The molecule has 1 N–H and O–H groups in total. The van der Waals surface area contributed by atoms with E-state index in [1.807, 2.05) is 61.5 Å². The minimum absolute atomic E-state index is 0.0310. The number of carbonyl (C=O) groups is 2. The van der Waals surface area contributed by atoms with E-state index in [1.54, 1.807) is 41.3 Å². The summed E-state index contributed by atoms with van der Waals surface area (Å²) in [4.78, 5) is 30.6. The van der Waals surface area contributed by atoms with Gasteiger partial charge >= 0.3 is 0 Å². The lowest BCUT2D eigenvalue weighted by Gasteiger charge is -2.35. The van der Waals surface area contributed by atoms with E-state index >= 15 is 0 Å². The van der Waals surface area contributed by atoms with Crippen LogP contribution in [0.15, 0.2) is 108 Å². The van der Waals surface area contributed by atoms with Crippen molar-refractivity contribution in [3.63, 3.8) is 0 Å². The molecule has 1 atom stereocenters. The number of rotatable bonds is 12. The minimum Gasteiger partial charge on any atom is -0.486 e. The molecule has 0 unspecified atom stereocenters. The number of fused-ring (bicyclic) bond motifs is 1. The van der Waals surface area contributed by atoms with Gasteiger partial charge in [0, 0.05) is 25.1 Å². The maximum Gasteiger partial charge on any atom is 0.264 e. The molecule has 0 saturated heterocycles. The molecule has 0 bridgehead atoms. The molecule has 256 valence electrons. The van der Waals surface area contributed by atoms with E-state index in [1.165, 1.54) is 12.1 Å². The first-order valence-corrected chi connectivity index (χ1v) is 18.4. The third-order valence-corrected chi connectivity index (χ3v) is 10.9. The highest BCUT2D eigenvalue weighted by atomic mass is 32.2. The van der Waals surface area contributed by atoms with Crippen molar-refractivity contribution in [1.29, 1.82) is 0 Å². The van der Waals surface area contributed by atoms with Crippen LogP contribution in [0.5, 0.6) is 11.5 Å². The molecule has 9 nitrogen and oxygen atoms in total. The molecule has 4 aromatic carbocycles. The quantitative estimate of drug-likeness (QED) is 0.195. The molecule has 0 aromatic heterocycles. The molecular formula is C39H43N3O6S. The third kappa shape index (κ3) is 8.43. The number of ether oxygens (including phenoxy) is 2. The Hall–Kier alpha value is -4.83. The van der Waals surface area contributed by atoms with Crippen LogP contribution in [-0.2, 0) is 32.6 Å². The molecule has 1 saturated carbocycles. The first-order chi connectivity index (χ1) is 23.8. The second-order valence-corrected chi connectivity index (χ2v) is 14.6. The number of sulfonamides is 1. The summed E-state index contributed by atoms with van der Waals surface area (Å²) < 4.78 is 41.2. The maximum atomic E-state index is 14.8. The summed E-state index contributed by atoms with van der Waals surface area (Å²) in [6.07, 6.45) is 5.28. The minimum atomic E-state index is -4.23. The lowest BCUT2D eigenvalue weighted by molar-refractivity contribution is -0.140. The van der Waals surface area contributed by atoms with Crippen molar-refractivity contribution in [2.45, 2.75) is 69.0 Å². The van der Waals surface area contributed by atoms with Crippen LogP contribution in [0.25, 0.3) is 0 Å². The Balaban J connectivity index is 1.40. The van der Waals surface area contributed by atoms with Gasteiger partial charge in [0.2, 0.25) is 11.8 Å². The number of benzene rings is 4. The summed E-state index contributed by atoms with van der Waals surface area (Å²) in [7, 11) is -4.23. The molecule has 0 spiro atoms. The van der Waals surface area contributed by atoms with E-state index in [9.17, 15) is 18.0 Å². The van der Waals surface area contributed by atoms with E-state index in [0.29, 0.717) is 24.7 Å². The largest absolute Gasteiger partial charge is 0.486 e. The van der Waals surface area contributed by atoms with Gasteiger partial charge < -0.3 is 19.7 Å². The van der Waals surface area contributed by atoms with Crippen molar-refractivity contribution >= 4 is 27.5 Å². The van der Waals surface area contributed by atoms with Gasteiger partial charge in [0.15, 0.2) is 11.5 Å². The average Bonchev–Trinajstić information content (AvgIpc) is 3.13.